The molecule has 0 unspecified atom stereocenters. The molecule has 0 heterocycles. The van der Waals surface area contributed by atoms with Gasteiger partial charge < -0.3 is 11.1 Å². The number of benzene rings is 2. The lowest BCUT2D eigenvalue weighted by molar-refractivity contribution is 1.51. The summed E-state index contributed by atoms with van der Waals surface area (Å²) in [6.45, 7) is 0. The second-order valence-corrected chi connectivity index (χ2v) is 5.95. The Morgan fingerprint density at radius 3 is 2.47 bits per heavy atom. The fraction of sp³-hybridized carbons (Fsp3) is 0. The first-order valence-corrected chi connectivity index (χ1v) is 7.24. The van der Waals surface area contributed by atoms with Crippen LogP contribution < -0.4 is 11.1 Å². The van der Waals surface area contributed by atoms with Crippen LogP contribution in [0, 0.1) is 0 Å². The SMILES string of the molecule is NC(=S)c1ccc(Nc2ccc(Cl)cc2Br)cc1Cl. The van der Waals surface area contributed by atoms with E-state index in [4.69, 9.17) is 41.2 Å². The van der Waals surface area contributed by atoms with E-state index in [0.29, 0.717) is 15.6 Å². The average molecular weight is 376 g/mol. The number of hydrogen-bond donors (Lipinski definition) is 2. The highest BCUT2D eigenvalue weighted by Gasteiger charge is 2.06. The van der Waals surface area contributed by atoms with Crippen molar-refractivity contribution in [2.24, 2.45) is 5.73 Å². The van der Waals surface area contributed by atoms with Crippen LogP contribution in [0.5, 0.6) is 0 Å². The largest absolute Gasteiger partial charge is 0.389 e. The maximum absolute atomic E-state index is 6.12. The highest BCUT2D eigenvalue weighted by atomic mass is 79.9. The zero-order chi connectivity index (χ0) is 14.0. The van der Waals surface area contributed by atoms with Crippen LogP contribution in [-0.4, -0.2) is 4.99 Å². The number of anilines is 2. The van der Waals surface area contributed by atoms with Crippen molar-refractivity contribution in [2.45, 2.75) is 0 Å². The van der Waals surface area contributed by atoms with Crippen molar-refractivity contribution in [1.29, 1.82) is 0 Å². The van der Waals surface area contributed by atoms with Crippen LogP contribution in [0.2, 0.25) is 10.0 Å². The van der Waals surface area contributed by atoms with Crippen LogP contribution in [0.4, 0.5) is 11.4 Å². The Labute approximate surface area is 135 Å². The van der Waals surface area contributed by atoms with Crippen molar-refractivity contribution in [1.82, 2.24) is 0 Å². The monoisotopic (exact) mass is 374 g/mol. The summed E-state index contributed by atoms with van der Waals surface area (Å²) in [6.07, 6.45) is 0. The molecule has 0 bridgehead atoms. The minimum atomic E-state index is 0.282. The summed E-state index contributed by atoms with van der Waals surface area (Å²) < 4.78 is 0.870. The van der Waals surface area contributed by atoms with Gasteiger partial charge in [0.15, 0.2) is 0 Å². The number of halogens is 3. The van der Waals surface area contributed by atoms with Gasteiger partial charge in [-0.3, -0.25) is 0 Å². The smallest absolute Gasteiger partial charge is 0.105 e. The summed E-state index contributed by atoms with van der Waals surface area (Å²) >= 11 is 20.4. The summed E-state index contributed by atoms with van der Waals surface area (Å²) in [4.78, 5) is 0.282. The van der Waals surface area contributed by atoms with Gasteiger partial charge in [0.1, 0.15) is 4.99 Å². The van der Waals surface area contributed by atoms with Crippen LogP contribution in [0.3, 0.4) is 0 Å². The van der Waals surface area contributed by atoms with E-state index in [1.807, 2.05) is 18.2 Å². The Kier molecular flexibility index (Phi) is 4.68. The average Bonchev–Trinajstić information content (AvgIpc) is 2.32. The standard InChI is InChI=1S/C13H9BrCl2N2S/c14-10-5-7(15)1-4-12(10)18-8-2-3-9(13(17)19)11(16)6-8/h1-6,18H,(H2,17,19). The molecule has 2 nitrogen and oxygen atoms in total. The van der Waals surface area contributed by atoms with Gasteiger partial charge in [0.2, 0.25) is 0 Å². The van der Waals surface area contributed by atoms with E-state index in [-0.39, 0.29) is 4.99 Å². The number of rotatable bonds is 3. The molecule has 0 fully saturated rings. The van der Waals surface area contributed by atoms with Crippen molar-refractivity contribution in [3.8, 4) is 0 Å². The van der Waals surface area contributed by atoms with Crippen molar-refractivity contribution in [3.63, 3.8) is 0 Å². The molecule has 0 aliphatic rings. The van der Waals surface area contributed by atoms with E-state index in [1.165, 1.54) is 0 Å². The summed E-state index contributed by atoms with van der Waals surface area (Å²) in [5.41, 5.74) is 7.96. The lowest BCUT2D eigenvalue weighted by Crippen LogP contribution is -2.09. The highest BCUT2D eigenvalue weighted by Crippen LogP contribution is 2.30. The van der Waals surface area contributed by atoms with E-state index in [1.54, 1.807) is 18.2 Å². The third-order valence-corrected chi connectivity index (χ3v) is 3.87. The molecular weight excluding hydrogens is 367 g/mol. The fourth-order valence-corrected chi connectivity index (χ4v) is 2.84. The normalized spacial score (nSPS) is 10.3. The molecule has 0 radical (unpaired) electrons. The first-order valence-electron chi connectivity index (χ1n) is 5.29. The molecule has 3 N–H and O–H groups in total. The topological polar surface area (TPSA) is 38.0 Å². The Morgan fingerprint density at radius 1 is 1.16 bits per heavy atom. The van der Waals surface area contributed by atoms with E-state index in [9.17, 15) is 0 Å². The van der Waals surface area contributed by atoms with Gasteiger partial charge in [0, 0.05) is 20.7 Å². The number of nitrogens with one attached hydrogen (secondary N) is 1. The van der Waals surface area contributed by atoms with Gasteiger partial charge in [-0.1, -0.05) is 35.4 Å². The number of thiocarbonyl (C=S) groups is 1. The number of nitrogens with two attached hydrogens (primary N) is 1. The first-order chi connectivity index (χ1) is 8.97. The summed E-state index contributed by atoms with van der Waals surface area (Å²) in [5.74, 6) is 0. The Balaban J connectivity index is 2.29. The van der Waals surface area contributed by atoms with Crippen LogP contribution in [0.1, 0.15) is 5.56 Å². The van der Waals surface area contributed by atoms with Crippen molar-refractivity contribution in [3.05, 3.63) is 56.5 Å². The zero-order valence-corrected chi connectivity index (χ0v) is 13.5. The van der Waals surface area contributed by atoms with Gasteiger partial charge in [-0.15, -0.1) is 0 Å². The summed E-state index contributed by atoms with van der Waals surface area (Å²) in [6, 6.07) is 10.9. The molecule has 0 aliphatic heterocycles. The van der Waals surface area contributed by atoms with Crippen molar-refractivity contribution in [2.75, 3.05) is 5.32 Å². The van der Waals surface area contributed by atoms with Crippen molar-refractivity contribution < 1.29 is 0 Å². The Bertz CT molecular complexity index is 647. The van der Waals surface area contributed by atoms with Gasteiger partial charge >= 0.3 is 0 Å². The Hall–Kier alpha value is -0.810. The molecule has 0 saturated carbocycles. The van der Waals surface area contributed by atoms with Gasteiger partial charge in [-0.05, 0) is 52.3 Å². The second-order valence-electron chi connectivity index (χ2n) is 3.81. The predicted octanol–water partition coefficient (Wildman–Crippen LogP) is 5.13. The molecule has 0 amide bonds. The van der Waals surface area contributed by atoms with Gasteiger partial charge in [0.25, 0.3) is 0 Å². The third-order valence-electron chi connectivity index (χ3n) is 2.44. The molecule has 6 heteroatoms. The predicted molar refractivity (Wildman–Crippen MR) is 89.8 cm³/mol. The molecule has 2 aromatic carbocycles. The lowest BCUT2D eigenvalue weighted by atomic mass is 10.2. The number of hydrogen-bond acceptors (Lipinski definition) is 2. The molecule has 0 aliphatic carbocycles. The minimum absolute atomic E-state index is 0.282. The van der Waals surface area contributed by atoms with Crippen molar-refractivity contribution >= 4 is 67.7 Å². The maximum Gasteiger partial charge on any atom is 0.105 e. The van der Waals surface area contributed by atoms with Crippen LogP contribution in [0.25, 0.3) is 0 Å². The van der Waals surface area contributed by atoms with Crippen LogP contribution in [0.15, 0.2) is 40.9 Å². The zero-order valence-electron chi connectivity index (χ0n) is 9.58. The lowest BCUT2D eigenvalue weighted by Gasteiger charge is -2.10. The van der Waals surface area contributed by atoms with E-state index in [2.05, 4.69) is 21.2 Å². The second kappa shape index (κ2) is 6.09. The molecule has 0 spiro atoms. The van der Waals surface area contributed by atoms with E-state index < -0.39 is 0 Å². The van der Waals surface area contributed by atoms with Crippen LogP contribution in [-0.2, 0) is 0 Å². The van der Waals surface area contributed by atoms with Gasteiger partial charge in [-0.25, -0.2) is 0 Å². The van der Waals surface area contributed by atoms with Crippen LogP contribution >= 0.6 is 51.3 Å². The summed E-state index contributed by atoms with van der Waals surface area (Å²) in [7, 11) is 0. The van der Waals surface area contributed by atoms with Gasteiger partial charge in [-0.2, -0.15) is 0 Å². The molecule has 2 rings (SSSR count). The van der Waals surface area contributed by atoms with E-state index in [0.717, 1.165) is 15.8 Å². The van der Waals surface area contributed by atoms with Gasteiger partial charge in [0.05, 0.1) is 10.7 Å². The summed E-state index contributed by atoms with van der Waals surface area (Å²) in [5, 5.41) is 4.41. The minimum Gasteiger partial charge on any atom is -0.389 e. The van der Waals surface area contributed by atoms with E-state index >= 15 is 0 Å². The third kappa shape index (κ3) is 3.60. The first kappa shape index (κ1) is 14.6. The Morgan fingerprint density at radius 2 is 1.89 bits per heavy atom. The quantitative estimate of drug-likeness (QED) is 0.730. The highest BCUT2D eigenvalue weighted by molar-refractivity contribution is 9.10. The molecule has 0 atom stereocenters. The fourth-order valence-electron chi connectivity index (χ4n) is 1.54. The molecule has 0 aromatic heterocycles. The molecule has 98 valence electrons. The maximum atomic E-state index is 6.12. The molecule has 0 saturated heterocycles. The molecule has 19 heavy (non-hydrogen) atoms. The molecular formula is C13H9BrCl2N2S. The molecule has 2 aromatic rings.